The van der Waals surface area contributed by atoms with E-state index in [0.29, 0.717) is 20.6 Å². The van der Waals surface area contributed by atoms with Gasteiger partial charge in [0.1, 0.15) is 19.0 Å². The fourth-order valence-corrected chi connectivity index (χ4v) is 3.85. The summed E-state index contributed by atoms with van der Waals surface area (Å²) in [6.07, 6.45) is 0. The molecule has 0 radical (unpaired) electrons. The van der Waals surface area contributed by atoms with Crippen LogP contribution < -0.4 is 0 Å². The van der Waals surface area contributed by atoms with E-state index in [0.717, 1.165) is 5.56 Å². The molecular weight excluding hydrogens is 416 g/mol. The van der Waals surface area contributed by atoms with Gasteiger partial charge in [0.2, 0.25) is 0 Å². The molecule has 7 heteroatoms. The number of nitrogens with zero attached hydrogens (tertiary/aromatic N) is 1. The Kier molecular flexibility index (Phi) is 3.56. The molecule has 1 aromatic rings. The normalized spacial score (nSPS) is 26.6. The zero-order chi connectivity index (χ0) is 16.1. The molecule has 0 aliphatic carbocycles. The summed E-state index contributed by atoms with van der Waals surface area (Å²) in [5.74, 6) is -1.94. The van der Waals surface area contributed by atoms with Crippen molar-refractivity contribution >= 4 is 40.1 Å². The van der Waals surface area contributed by atoms with Gasteiger partial charge in [-0.15, -0.1) is 0 Å². The van der Waals surface area contributed by atoms with Crippen LogP contribution in [0, 0.1) is 15.3 Å². The number of Topliss-reactive ketones (excluding diaryl/α,β-unsaturated/α-hetero) is 1. The molecule has 2 atom stereocenters. The predicted octanol–water partition coefficient (Wildman–Crippen LogP) is 1.99. The average molecular weight is 427 g/mol. The smallest absolute Gasteiger partial charge is 0.337 e. The van der Waals surface area contributed by atoms with E-state index in [1.165, 1.54) is 6.07 Å². The highest BCUT2D eigenvalue weighted by Gasteiger charge is 2.47. The third kappa shape index (κ3) is 2.33. The first kappa shape index (κ1) is 14.9. The van der Waals surface area contributed by atoms with Crippen molar-refractivity contribution in [3.8, 4) is 0 Å². The van der Waals surface area contributed by atoms with Crippen LogP contribution in [0.25, 0.3) is 0 Å². The molecule has 1 unspecified atom stereocenters. The third-order valence-electron chi connectivity index (χ3n) is 4.30. The second kappa shape index (κ2) is 5.48. The van der Waals surface area contributed by atoms with E-state index in [-0.39, 0.29) is 31.4 Å². The van der Waals surface area contributed by atoms with Gasteiger partial charge in [-0.2, -0.15) is 0 Å². The highest BCUT2D eigenvalue weighted by molar-refractivity contribution is 14.1. The van der Waals surface area contributed by atoms with Gasteiger partial charge in [-0.3, -0.25) is 9.79 Å². The van der Waals surface area contributed by atoms with Gasteiger partial charge in [0, 0.05) is 9.49 Å². The maximum Gasteiger partial charge on any atom is 0.337 e. The molecule has 0 bridgehead atoms. The molecule has 23 heavy (non-hydrogen) atoms. The Morgan fingerprint density at radius 1 is 1.17 bits per heavy atom. The highest BCUT2D eigenvalue weighted by Crippen LogP contribution is 2.43. The number of ether oxygens (including phenoxy) is 2. The van der Waals surface area contributed by atoms with E-state index in [9.17, 15) is 14.0 Å². The standard InChI is InChI=1S/C16H11FINO4/c17-8-2-1-7(3-9(8)18)13-14-10(4-22-6-12(14)20)19-11-5-23-16(21)15(11)13/h1-3,13-14H,4-6H2/t13-,14?/m0/s1. The number of carbonyl (C=O) groups excluding carboxylic acids is 2. The maximum atomic E-state index is 13.6. The lowest BCUT2D eigenvalue weighted by Crippen LogP contribution is -2.43. The Morgan fingerprint density at radius 3 is 2.78 bits per heavy atom. The number of cyclic esters (lactones) is 1. The number of halogens is 2. The van der Waals surface area contributed by atoms with E-state index >= 15 is 0 Å². The van der Waals surface area contributed by atoms with Crippen molar-refractivity contribution in [1.82, 2.24) is 0 Å². The van der Waals surface area contributed by atoms with Crippen LogP contribution in [0.5, 0.6) is 0 Å². The number of fused-ring (bicyclic) bond motifs is 1. The SMILES string of the molecule is O=C1OCC2=C1[C@@H](c1ccc(F)c(I)c1)C1C(=O)COCC1=N2. The van der Waals surface area contributed by atoms with Crippen molar-refractivity contribution < 1.29 is 23.5 Å². The second-order valence-corrected chi connectivity index (χ2v) is 6.79. The number of carbonyl (C=O) groups is 2. The van der Waals surface area contributed by atoms with Crippen LogP contribution in [-0.2, 0) is 19.1 Å². The zero-order valence-electron chi connectivity index (χ0n) is 11.8. The molecule has 118 valence electrons. The van der Waals surface area contributed by atoms with Gasteiger partial charge in [0.25, 0.3) is 0 Å². The average Bonchev–Trinajstić information content (AvgIpc) is 2.90. The van der Waals surface area contributed by atoms with Crippen molar-refractivity contribution in [3.05, 3.63) is 44.4 Å². The van der Waals surface area contributed by atoms with Crippen LogP contribution in [-0.4, -0.2) is 37.3 Å². The molecule has 3 heterocycles. The Labute approximate surface area is 144 Å². The van der Waals surface area contributed by atoms with Gasteiger partial charge < -0.3 is 9.47 Å². The van der Waals surface area contributed by atoms with Gasteiger partial charge in [-0.25, -0.2) is 9.18 Å². The molecule has 3 aliphatic rings. The zero-order valence-corrected chi connectivity index (χ0v) is 14.0. The monoisotopic (exact) mass is 427 g/mol. The van der Waals surface area contributed by atoms with Crippen molar-refractivity contribution in [2.75, 3.05) is 19.8 Å². The van der Waals surface area contributed by atoms with Crippen molar-refractivity contribution in [2.24, 2.45) is 10.9 Å². The molecule has 0 N–H and O–H groups in total. The summed E-state index contributed by atoms with van der Waals surface area (Å²) in [6, 6.07) is 4.64. The molecule has 4 rings (SSSR count). The highest BCUT2D eigenvalue weighted by atomic mass is 127. The number of esters is 1. The van der Waals surface area contributed by atoms with E-state index in [4.69, 9.17) is 9.47 Å². The van der Waals surface area contributed by atoms with Gasteiger partial charge in [-0.1, -0.05) is 6.07 Å². The Balaban J connectivity index is 1.89. The number of aliphatic imine (C=N–C) groups is 1. The molecule has 0 amide bonds. The second-order valence-electron chi connectivity index (χ2n) is 5.63. The van der Waals surface area contributed by atoms with E-state index in [2.05, 4.69) is 4.99 Å². The topological polar surface area (TPSA) is 65.0 Å². The fourth-order valence-electron chi connectivity index (χ4n) is 3.31. The van der Waals surface area contributed by atoms with Crippen LogP contribution in [0.4, 0.5) is 4.39 Å². The summed E-state index contributed by atoms with van der Waals surface area (Å²) >= 11 is 1.90. The Hall–Kier alpha value is -1.61. The molecule has 1 saturated heterocycles. The largest absolute Gasteiger partial charge is 0.456 e. The lowest BCUT2D eigenvalue weighted by Gasteiger charge is -2.33. The molecule has 1 aromatic carbocycles. The number of hydrogen-bond donors (Lipinski definition) is 0. The number of benzene rings is 1. The minimum Gasteiger partial charge on any atom is -0.456 e. The molecule has 5 nitrogen and oxygen atoms in total. The number of hydrogen-bond acceptors (Lipinski definition) is 5. The van der Waals surface area contributed by atoms with Gasteiger partial charge in [0.15, 0.2) is 5.78 Å². The number of rotatable bonds is 1. The van der Waals surface area contributed by atoms with Crippen molar-refractivity contribution in [1.29, 1.82) is 0 Å². The summed E-state index contributed by atoms with van der Waals surface area (Å²) in [7, 11) is 0. The Bertz CT molecular complexity index is 801. The summed E-state index contributed by atoms with van der Waals surface area (Å²) < 4.78 is 24.4. The first-order valence-corrected chi connectivity index (χ1v) is 8.17. The lowest BCUT2D eigenvalue weighted by atomic mass is 9.73. The van der Waals surface area contributed by atoms with Crippen LogP contribution in [0.1, 0.15) is 11.5 Å². The summed E-state index contributed by atoms with van der Waals surface area (Å²) in [4.78, 5) is 29.0. The van der Waals surface area contributed by atoms with Gasteiger partial charge in [0.05, 0.1) is 29.5 Å². The third-order valence-corrected chi connectivity index (χ3v) is 5.12. The first-order chi connectivity index (χ1) is 11.1. The summed E-state index contributed by atoms with van der Waals surface area (Å²) in [5, 5.41) is 0. The van der Waals surface area contributed by atoms with E-state index < -0.39 is 17.8 Å². The molecular formula is C16H11FINO4. The minimum atomic E-state index is -0.547. The lowest BCUT2D eigenvalue weighted by molar-refractivity contribution is -0.136. The molecule has 0 aromatic heterocycles. The van der Waals surface area contributed by atoms with Crippen LogP contribution in [0.15, 0.2) is 34.5 Å². The fraction of sp³-hybridized carbons (Fsp3) is 0.312. The summed E-state index contributed by atoms with van der Waals surface area (Å²) in [6.45, 7) is 0.361. The molecule has 0 spiro atoms. The maximum absolute atomic E-state index is 13.6. The molecule has 3 aliphatic heterocycles. The van der Waals surface area contributed by atoms with Gasteiger partial charge in [-0.05, 0) is 40.3 Å². The van der Waals surface area contributed by atoms with E-state index in [1.807, 2.05) is 22.6 Å². The van der Waals surface area contributed by atoms with E-state index in [1.54, 1.807) is 12.1 Å². The number of ketones is 1. The Morgan fingerprint density at radius 2 is 2.00 bits per heavy atom. The minimum absolute atomic E-state index is 0.00383. The molecule has 0 saturated carbocycles. The van der Waals surface area contributed by atoms with Crippen LogP contribution in [0.2, 0.25) is 0 Å². The van der Waals surface area contributed by atoms with Crippen LogP contribution >= 0.6 is 22.6 Å². The van der Waals surface area contributed by atoms with Crippen molar-refractivity contribution in [3.63, 3.8) is 0 Å². The van der Waals surface area contributed by atoms with Crippen molar-refractivity contribution in [2.45, 2.75) is 5.92 Å². The van der Waals surface area contributed by atoms with Crippen LogP contribution in [0.3, 0.4) is 0 Å². The quantitative estimate of drug-likeness (QED) is 0.508. The summed E-state index contributed by atoms with van der Waals surface area (Å²) in [5.41, 5.74) is 2.29. The molecule has 1 fully saturated rings. The predicted molar refractivity (Wildman–Crippen MR) is 86.6 cm³/mol. The first-order valence-electron chi connectivity index (χ1n) is 7.09. The van der Waals surface area contributed by atoms with Gasteiger partial charge >= 0.3 is 5.97 Å².